The van der Waals surface area contributed by atoms with Crippen LogP contribution in [0.15, 0.2) is 60.8 Å². The third kappa shape index (κ3) is 4.92. The van der Waals surface area contributed by atoms with Crippen LogP contribution in [0.5, 0.6) is 0 Å². The van der Waals surface area contributed by atoms with Gasteiger partial charge in [0.1, 0.15) is 12.4 Å². The predicted molar refractivity (Wildman–Crippen MR) is 115 cm³/mol. The molecule has 7 heteroatoms. The number of nitrogens with one attached hydrogen (secondary N) is 1. The zero-order valence-electron chi connectivity index (χ0n) is 17.3. The quantitative estimate of drug-likeness (QED) is 0.635. The van der Waals surface area contributed by atoms with E-state index in [4.69, 9.17) is 0 Å². The first-order chi connectivity index (χ1) is 14.4. The maximum atomic E-state index is 13.4. The van der Waals surface area contributed by atoms with Gasteiger partial charge in [0.2, 0.25) is 17.8 Å². The molecular formula is C23H25FN4O2. The number of imidazole rings is 1. The number of rotatable bonds is 7. The van der Waals surface area contributed by atoms with Crippen LogP contribution in [0, 0.1) is 5.82 Å². The molecule has 0 saturated carbocycles. The molecule has 30 heavy (non-hydrogen) atoms. The van der Waals surface area contributed by atoms with Crippen molar-refractivity contribution in [1.82, 2.24) is 14.5 Å². The molecule has 3 rings (SSSR count). The molecule has 0 fully saturated rings. The fourth-order valence-electron chi connectivity index (χ4n) is 3.10. The predicted octanol–water partition coefficient (Wildman–Crippen LogP) is 4.26. The van der Waals surface area contributed by atoms with E-state index in [9.17, 15) is 14.0 Å². The molecule has 0 saturated heterocycles. The normalized spacial score (nSPS) is 10.8. The lowest BCUT2D eigenvalue weighted by molar-refractivity contribution is -0.136. The first-order valence-corrected chi connectivity index (χ1v) is 9.89. The van der Waals surface area contributed by atoms with E-state index in [-0.39, 0.29) is 30.2 Å². The van der Waals surface area contributed by atoms with Gasteiger partial charge < -0.3 is 4.90 Å². The monoisotopic (exact) mass is 408 g/mol. The highest BCUT2D eigenvalue weighted by Gasteiger charge is 2.20. The third-order valence-corrected chi connectivity index (χ3v) is 4.69. The number of hydrogen-bond donors (Lipinski definition) is 1. The fourth-order valence-corrected chi connectivity index (χ4v) is 3.10. The van der Waals surface area contributed by atoms with Crippen molar-refractivity contribution in [3.8, 4) is 16.9 Å². The minimum atomic E-state index is -0.349. The molecule has 0 spiro atoms. The fraction of sp³-hybridized carbons (Fsp3) is 0.261. The number of benzene rings is 2. The summed E-state index contributed by atoms with van der Waals surface area (Å²) in [5, 5.41) is 2.80. The largest absolute Gasteiger partial charge is 0.331 e. The van der Waals surface area contributed by atoms with Crippen LogP contribution in [0.1, 0.15) is 27.2 Å². The van der Waals surface area contributed by atoms with Crippen LogP contribution >= 0.6 is 0 Å². The van der Waals surface area contributed by atoms with Gasteiger partial charge in [0.05, 0.1) is 5.69 Å². The van der Waals surface area contributed by atoms with Gasteiger partial charge in [0.25, 0.3) is 0 Å². The van der Waals surface area contributed by atoms with Crippen LogP contribution in [-0.4, -0.2) is 38.9 Å². The zero-order valence-corrected chi connectivity index (χ0v) is 17.3. The maximum Gasteiger partial charge on any atom is 0.246 e. The van der Waals surface area contributed by atoms with Gasteiger partial charge in [0, 0.05) is 29.9 Å². The zero-order chi connectivity index (χ0) is 21.7. The molecule has 2 amide bonds. The highest BCUT2D eigenvalue weighted by Crippen LogP contribution is 2.24. The Balaban J connectivity index is 1.92. The van der Waals surface area contributed by atoms with Crippen molar-refractivity contribution in [3.63, 3.8) is 0 Å². The van der Waals surface area contributed by atoms with Crippen molar-refractivity contribution in [2.75, 3.05) is 11.9 Å². The maximum absolute atomic E-state index is 13.4. The van der Waals surface area contributed by atoms with E-state index in [1.807, 2.05) is 44.2 Å². The first-order valence-electron chi connectivity index (χ1n) is 9.89. The van der Waals surface area contributed by atoms with Crippen LogP contribution < -0.4 is 5.32 Å². The van der Waals surface area contributed by atoms with Crippen LogP contribution in [0.2, 0.25) is 0 Å². The topological polar surface area (TPSA) is 67.2 Å². The highest BCUT2D eigenvalue weighted by atomic mass is 19.1. The van der Waals surface area contributed by atoms with Crippen molar-refractivity contribution < 1.29 is 14.0 Å². The van der Waals surface area contributed by atoms with Crippen molar-refractivity contribution >= 4 is 17.8 Å². The Morgan fingerprint density at radius 2 is 1.77 bits per heavy atom. The van der Waals surface area contributed by atoms with Gasteiger partial charge in [-0.3, -0.25) is 19.5 Å². The molecule has 3 aromatic rings. The molecule has 0 aliphatic rings. The van der Waals surface area contributed by atoms with Crippen molar-refractivity contribution in [3.05, 3.63) is 66.6 Å². The van der Waals surface area contributed by atoms with Crippen LogP contribution in [-0.2, 0) is 9.59 Å². The van der Waals surface area contributed by atoms with Crippen LogP contribution in [0.25, 0.3) is 16.9 Å². The molecule has 0 aliphatic heterocycles. The van der Waals surface area contributed by atoms with E-state index >= 15 is 0 Å². The Hall–Kier alpha value is -3.48. The summed E-state index contributed by atoms with van der Waals surface area (Å²) in [5.41, 5.74) is 2.21. The summed E-state index contributed by atoms with van der Waals surface area (Å²) >= 11 is 0. The van der Waals surface area contributed by atoms with Gasteiger partial charge in [-0.25, -0.2) is 9.37 Å². The Kier molecular flexibility index (Phi) is 6.61. The molecule has 1 heterocycles. The van der Waals surface area contributed by atoms with Crippen LogP contribution in [0.4, 0.5) is 10.3 Å². The highest BCUT2D eigenvalue weighted by molar-refractivity contribution is 5.94. The van der Waals surface area contributed by atoms with Crippen molar-refractivity contribution in [2.45, 2.75) is 33.2 Å². The lowest BCUT2D eigenvalue weighted by Gasteiger charge is -2.25. The summed E-state index contributed by atoms with van der Waals surface area (Å²) in [4.78, 5) is 30.9. The molecule has 0 radical (unpaired) electrons. The second kappa shape index (κ2) is 9.35. The molecule has 6 nitrogen and oxygen atoms in total. The summed E-state index contributed by atoms with van der Waals surface area (Å²) in [6.07, 6.45) is 2.11. The van der Waals surface area contributed by atoms with Gasteiger partial charge in [0.15, 0.2) is 0 Å². The second-order valence-corrected chi connectivity index (χ2v) is 7.18. The Bertz CT molecular complexity index is 1010. The minimum absolute atomic E-state index is 0.0682. The Morgan fingerprint density at radius 1 is 1.10 bits per heavy atom. The van der Waals surface area contributed by atoms with Crippen molar-refractivity contribution in [1.29, 1.82) is 0 Å². The summed E-state index contributed by atoms with van der Waals surface area (Å²) in [7, 11) is 0. The molecule has 0 bridgehead atoms. The van der Waals surface area contributed by atoms with E-state index in [1.165, 1.54) is 17.0 Å². The molecule has 2 aromatic carbocycles. The molecular weight excluding hydrogens is 383 g/mol. The summed E-state index contributed by atoms with van der Waals surface area (Å²) in [6.45, 7) is 5.44. The summed E-state index contributed by atoms with van der Waals surface area (Å²) in [5.74, 6) is -0.484. The summed E-state index contributed by atoms with van der Waals surface area (Å²) in [6, 6.07) is 15.4. The lowest BCUT2D eigenvalue weighted by Crippen LogP contribution is -2.42. The Labute approximate surface area is 175 Å². The van der Waals surface area contributed by atoms with Crippen LogP contribution in [0.3, 0.4) is 0 Å². The van der Waals surface area contributed by atoms with Crippen molar-refractivity contribution in [2.24, 2.45) is 0 Å². The number of halogens is 1. The van der Waals surface area contributed by atoms with E-state index in [2.05, 4.69) is 10.3 Å². The average molecular weight is 408 g/mol. The van der Waals surface area contributed by atoms with Gasteiger partial charge in [-0.1, -0.05) is 37.3 Å². The number of amides is 2. The van der Waals surface area contributed by atoms with E-state index < -0.39 is 0 Å². The molecule has 156 valence electrons. The number of aromatic nitrogens is 2. The first kappa shape index (κ1) is 21.2. The van der Waals surface area contributed by atoms with Gasteiger partial charge in [-0.05, 0) is 38.1 Å². The molecule has 0 aliphatic carbocycles. The molecule has 0 unspecified atom stereocenters. The summed E-state index contributed by atoms with van der Waals surface area (Å²) < 4.78 is 15.1. The molecule has 0 atom stereocenters. The van der Waals surface area contributed by atoms with E-state index in [0.717, 1.165) is 5.56 Å². The van der Waals surface area contributed by atoms with Gasteiger partial charge in [-0.15, -0.1) is 0 Å². The number of carbonyl (C=O) groups is 2. The third-order valence-electron chi connectivity index (χ3n) is 4.69. The Morgan fingerprint density at radius 3 is 2.37 bits per heavy atom. The number of carbonyl (C=O) groups excluding carboxylic acids is 2. The minimum Gasteiger partial charge on any atom is -0.331 e. The average Bonchev–Trinajstić information content (AvgIpc) is 3.16. The van der Waals surface area contributed by atoms with E-state index in [1.54, 1.807) is 29.8 Å². The molecule has 1 aromatic heterocycles. The smallest absolute Gasteiger partial charge is 0.246 e. The number of nitrogens with zero attached hydrogens (tertiary/aromatic N) is 3. The molecule has 1 N–H and O–H groups in total. The van der Waals surface area contributed by atoms with Gasteiger partial charge in [-0.2, -0.15) is 0 Å². The number of hydrogen-bond acceptors (Lipinski definition) is 3. The lowest BCUT2D eigenvalue weighted by atomic mass is 10.2. The number of anilines is 1. The second-order valence-electron chi connectivity index (χ2n) is 7.18. The standard InChI is InChI=1S/C23H25FN4O2/c1-4-22(30)27(16(2)3)15-21(29)26-23-25-20(17-8-6-5-7-9-17)14-28(23)19-12-10-18(24)11-13-19/h5-14,16H,4,15H2,1-3H3,(H,25,26,29). The SMILES string of the molecule is CCC(=O)N(CC(=O)Nc1nc(-c2ccccc2)cn1-c1ccc(F)cc1)C(C)C. The van der Waals surface area contributed by atoms with Gasteiger partial charge >= 0.3 is 0 Å². The van der Waals surface area contributed by atoms with E-state index in [0.29, 0.717) is 23.8 Å².